The first-order valence-electron chi connectivity index (χ1n) is 7.94. The molecule has 7 heteroatoms. The first kappa shape index (κ1) is 13.6. The highest BCUT2D eigenvalue weighted by Crippen LogP contribution is 2.43. The molecule has 1 atom stereocenters. The van der Waals surface area contributed by atoms with E-state index in [1.54, 1.807) is 22.9 Å². The number of rotatable bonds is 2. The summed E-state index contributed by atoms with van der Waals surface area (Å²) in [6.45, 7) is 3.74. The maximum absolute atomic E-state index is 12.5. The zero-order chi connectivity index (χ0) is 15.4. The summed E-state index contributed by atoms with van der Waals surface area (Å²) in [5, 5.41) is 0. The molecule has 2 bridgehead atoms. The summed E-state index contributed by atoms with van der Waals surface area (Å²) in [6, 6.07) is 1.90. The number of thiazole rings is 1. The van der Waals surface area contributed by atoms with Crippen molar-refractivity contribution in [1.82, 2.24) is 9.88 Å². The van der Waals surface area contributed by atoms with Crippen molar-refractivity contribution in [3.63, 3.8) is 0 Å². The summed E-state index contributed by atoms with van der Waals surface area (Å²) in [4.78, 5) is 21.6. The van der Waals surface area contributed by atoms with Gasteiger partial charge in [-0.3, -0.25) is 14.8 Å². The van der Waals surface area contributed by atoms with E-state index < -0.39 is 0 Å². The number of ether oxygens (including phenoxy) is 1. The standard InChI is InChI=1S/C16H17N3O3S/c20-15-19(12-5-13(21-7-12)14-6-17-10-23-14)9-16(22-15)8-18-3-1-11(16)2-4-18/h5-7,10-11H,1-4,8-9H2. The minimum Gasteiger partial charge on any atom is -0.461 e. The molecule has 120 valence electrons. The van der Waals surface area contributed by atoms with E-state index in [0.717, 1.165) is 48.8 Å². The predicted molar refractivity (Wildman–Crippen MR) is 85.5 cm³/mol. The third-order valence-electron chi connectivity index (χ3n) is 5.33. The number of fused-ring (bicyclic) bond motifs is 2. The molecule has 0 aliphatic carbocycles. The molecule has 1 spiro atoms. The van der Waals surface area contributed by atoms with Crippen molar-refractivity contribution < 1.29 is 13.9 Å². The minimum atomic E-state index is -0.338. The third-order valence-corrected chi connectivity index (χ3v) is 6.12. The van der Waals surface area contributed by atoms with Gasteiger partial charge in [0, 0.05) is 24.7 Å². The Morgan fingerprint density at radius 3 is 2.87 bits per heavy atom. The maximum Gasteiger partial charge on any atom is 0.415 e. The molecule has 0 radical (unpaired) electrons. The summed E-state index contributed by atoms with van der Waals surface area (Å²) < 4.78 is 11.5. The highest BCUT2D eigenvalue weighted by molar-refractivity contribution is 7.13. The Labute approximate surface area is 137 Å². The van der Waals surface area contributed by atoms with Gasteiger partial charge in [-0.05, 0) is 25.9 Å². The van der Waals surface area contributed by atoms with Gasteiger partial charge in [0.1, 0.15) is 17.6 Å². The van der Waals surface area contributed by atoms with Gasteiger partial charge in [0.05, 0.1) is 22.6 Å². The smallest absolute Gasteiger partial charge is 0.415 e. The van der Waals surface area contributed by atoms with Gasteiger partial charge in [-0.1, -0.05) is 0 Å². The largest absolute Gasteiger partial charge is 0.461 e. The monoisotopic (exact) mass is 331 g/mol. The Morgan fingerprint density at radius 2 is 2.17 bits per heavy atom. The molecule has 2 aromatic heterocycles. The van der Waals surface area contributed by atoms with Crippen molar-refractivity contribution in [2.75, 3.05) is 31.1 Å². The number of aromatic nitrogens is 1. The molecule has 4 saturated heterocycles. The van der Waals surface area contributed by atoms with Gasteiger partial charge in [0.15, 0.2) is 0 Å². The second kappa shape index (κ2) is 4.82. The van der Waals surface area contributed by atoms with Crippen LogP contribution in [0.1, 0.15) is 12.8 Å². The second-order valence-corrected chi connectivity index (χ2v) is 7.49. The van der Waals surface area contributed by atoms with E-state index in [2.05, 4.69) is 9.88 Å². The maximum atomic E-state index is 12.5. The van der Waals surface area contributed by atoms with Crippen molar-refractivity contribution in [1.29, 1.82) is 0 Å². The molecule has 2 aromatic rings. The van der Waals surface area contributed by atoms with E-state index >= 15 is 0 Å². The Balaban J connectivity index is 1.43. The molecule has 0 aromatic carbocycles. The lowest BCUT2D eigenvalue weighted by atomic mass is 9.75. The van der Waals surface area contributed by atoms with E-state index in [1.807, 2.05) is 6.07 Å². The predicted octanol–water partition coefficient (Wildman–Crippen LogP) is 2.82. The molecule has 0 N–H and O–H groups in total. The number of hydrogen-bond donors (Lipinski definition) is 0. The average molecular weight is 331 g/mol. The molecule has 4 aliphatic heterocycles. The summed E-state index contributed by atoms with van der Waals surface area (Å²) in [6.07, 6.45) is 5.40. The molecule has 1 amide bonds. The van der Waals surface area contributed by atoms with Crippen LogP contribution < -0.4 is 4.90 Å². The van der Waals surface area contributed by atoms with Crippen LogP contribution in [-0.4, -0.2) is 47.8 Å². The number of carbonyl (C=O) groups is 1. The number of carbonyl (C=O) groups excluding carboxylic acids is 1. The highest BCUT2D eigenvalue weighted by Gasteiger charge is 2.55. The van der Waals surface area contributed by atoms with Crippen molar-refractivity contribution in [3.05, 3.63) is 24.0 Å². The molecule has 23 heavy (non-hydrogen) atoms. The lowest BCUT2D eigenvalue weighted by Gasteiger charge is -2.49. The van der Waals surface area contributed by atoms with E-state index in [9.17, 15) is 4.79 Å². The van der Waals surface area contributed by atoms with Gasteiger partial charge in [-0.15, -0.1) is 11.3 Å². The van der Waals surface area contributed by atoms with Crippen molar-refractivity contribution in [2.45, 2.75) is 18.4 Å². The van der Waals surface area contributed by atoms with Crippen molar-refractivity contribution >= 4 is 23.1 Å². The van der Waals surface area contributed by atoms with Gasteiger partial charge < -0.3 is 9.15 Å². The summed E-state index contributed by atoms with van der Waals surface area (Å²) in [5.41, 5.74) is 2.20. The SMILES string of the molecule is O=C1OC2(CN3CCC2CC3)CN1c1coc(-c2cncs2)c1. The van der Waals surface area contributed by atoms with Crippen LogP contribution >= 0.6 is 11.3 Å². The summed E-state index contributed by atoms with van der Waals surface area (Å²) in [5.74, 6) is 1.22. The van der Waals surface area contributed by atoms with Gasteiger partial charge in [-0.25, -0.2) is 4.79 Å². The molecule has 6 nitrogen and oxygen atoms in total. The zero-order valence-corrected chi connectivity index (χ0v) is 13.4. The molecule has 6 rings (SSSR count). The zero-order valence-electron chi connectivity index (χ0n) is 12.6. The molecule has 0 saturated carbocycles. The number of furan rings is 1. The fraction of sp³-hybridized carbons (Fsp3) is 0.500. The lowest BCUT2D eigenvalue weighted by Crippen LogP contribution is -2.61. The quantitative estimate of drug-likeness (QED) is 0.847. The molecule has 4 fully saturated rings. The Hall–Kier alpha value is -1.86. The van der Waals surface area contributed by atoms with Crippen molar-refractivity contribution in [2.24, 2.45) is 5.92 Å². The van der Waals surface area contributed by atoms with E-state index in [4.69, 9.17) is 9.15 Å². The first-order chi connectivity index (χ1) is 11.2. The molecule has 4 aliphatic rings. The van der Waals surface area contributed by atoms with Crippen LogP contribution in [0.5, 0.6) is 0 Å². The Bertz CT molecular complexity index is 736. The van der Waals surface area contributed by atoms with Crippen LogP contribution in [0.4, 0.5) is 10.5 Å². The normalized spacial score (nSPS) is 32.7. The Kier molecular flexibility index (Phi) is 2.84. The first-order valence-corrected chi connectivity index (χ1v) is 8.82. The second-order valence-electron chi connectivity index (χ2n) is 6.60. The number of hydrogen-bond acceptors (Lipinski definition) is 6. The average Bonchev–Trinajstić information content (AvgIpc) is 3.28. The van der Waals surface area contributed by atoms with E-state index in [-0.39, 0.29) is 11.7 Å². The number of piperidine rings is 3. The third kappa shape index (κ3) is 2.03. The molecule has 1 unspecified atom stereocenters. The summed E-state index contributed by atoms with van der Waals surface area (Å²) in [7, 11) is 0. The van der Waals surface area contributed by atoms with Crippen LogP contribution in [0.25, 0.3) is 10.6 Å². The lowest BCUT2D eigenvalue weighted by molar-refractivity contribution is -0.0881. The van der Waals surface area contributed by atoms with Gasteiger partial charge in [0.25, 0.3) is 0 Å². The van der Waals surface area contributed by atoms with Gasteiger partial charge in [0.2, 0.25) is 0 Å². The number of anilines is 1. The number of nitrogens with zero attached hydrogens (tertiary/aromatic N) is 3. The molecule has 6 heterocycles. The van der Waals surface area contributed by atoms with Crippen LogP contribution in [0.2, 0.25) is 0 Å². The van der Waals surface area contributed by atoms with Crippen LogP contribution in [0.3, 0.4) is 0 Å². The van der Waals surface area contributed by atoms with Gasteiger partial charge >= 0.3 is 6.09 Å². The highest BCUT2D eigenvalue weighted by atomic mass is 32.1. The van der Waals surface area contributed by atoms with E-state index in [1.165, 1.54) is 11.3 Å². The number of amides is 1. The fourth-order valence-electron chi connectivity index (χ4n) is 4.14. The minimum absolute atomic E-state index is 0.254. The van der Waals surface area contributed by atoms with Crippen LogP contribution in [0.15, 0.2) is 28.5 Å². The van der Waals surface area contributed by atoms with Crippen molar-refractivity contribution in [3.8, 4) is 10.6 Å². The summed E-state index contributed by atoms with van der Waals surface area (Å²) >= 11 is 1.52. The van der Waals surface area contributed by atoms with Crippen LogP contribution in [-0.2, 0) is 4.74 Å². The molecular weight excluding hydrogens is 314 g/mol. The molecular formula is C16H17N3O3S. The topological polar surface area (TPSA) is 58.8 Å². The Morgan fingerprint density at radius 1 is 1.30 bits per heavy atom. The van der Waals surface area contributed by atoms with Gasteiger partial charge in [-0.2, -0.15) is 0 Å². The van der Waals surface area contributed by atoms with E-state index in [0.29, 0.717) is 12.5 Å². The fourth-order valence-corrected chi connectivity index (χ4v) is 4.72. The van der Waals surface area contributed by atoms with Crippen LogP contribution in [0, 0.1) is 5.92 Å².